The number of hydrogen-bond acceptors (Lipinski definition) is 4. The molecule has 8 heteroatoms. The summed E-state index contributed by atoms with van der Waals surface area (Å²) in [6.45, 7) is 7.46. The molecule has 1 aliphatic heterocycles. The van der Waals surface area contributed by atoms with Crippen molar-refractivity contribution in [2.45, 2.75) is 80.9 Å². The van der Waals surface area contributed by atoms with Gasteiger partial charge in [0, 0.05) is 10.8 Å². The monoisotopic (exact) mass is 504 g/mol. The predicted octanol–water partition coefficient (Wildman–Crippen LogP) is 5.13. The number of fused-ring (bicyclic) bond motifs is 7. The van der Waals surface area contributed by atoms with E-state index in [1.165, 1.54) is 12.2 Å². The van der Waals surface area contributed by atoms with Gasteiger partial charge in [0.25, 0.3) is 0 Å². The summed E-state index contributed by atoms with van der Waals surface area (Å²) in [6, 6.07) is 0. The SMILES string of the molecule is CC1(C)O[C@H]2C[C@@H]3C4C[C@H](F)C5=CC(=O)C=CC5(C)[C@]4(Cl)[C@H](Cl)CC3(C)[C@]2(C(=O)CCl)O1. The van der Waals surface area contributed by atoms with Crippen LogP contribution in [0.5, 0.6) is 0 Å². The number of Topliss-reactive ketones (excluding diaryl/α,β-unsaturated/α-hetero) is 1. The lowest BCUT2D eigenvalue weighted by molar-refractivity contribution is -0.211. The second-order valence-corrected chi connectivity index (χ2v) is 12.4. The number of carbonyl (C=O) groups is 2. The van der Waals surface area contributed by atoms with E-state index in [1.807, 2.05) is 13.8 Å². The van der Waals surface area contributed by atoms with E-state index in [0.29, 0.717) is 18.4 Å². The molecule has 0 aromatic carbocycles. The molecule has 5 rings (SSSR count). The lowest BCUT2D eigenvalue weighted by Crippen LogP contribution is -2.69. The van der Waals surface area contributed by atoms with E-state index in [0.717, 1.165) is 0 Å². The molecule has 1 heterocycles. The van der Waals surface area contributed by atoms with E-state index >= 15 is 4.39 Å². The molecule has 0 bridgehead atoms. The summed E-state index contributed by atoms with van der Waals surface area (Å²) in [7, 11) is 0. The third-order valence-electron chi connectivity index (χ3n) is 9.11. The third kappa shape index (κ3) is 2.53. The number of allylic oxidation sites excluding steroid dienone is 4. The van der Waals surface area contributed by atoms with Gasteiger partial charge in [-0.3, -0.25) is 9.59 Å². The quantitative estimate of drug-likeness (QED) is 0.488. The van der Waals surface area contributed by atoms with E-state index in [1.54, 1.807) is 19.9 Å². The molecular weight excluding hydrogens is 478 g/mol. The van der Waals surface area contributed by atoms with E-state index < -0.39 is 44.7 Å². The first-order chi connectivity index (χ1) is 14.8. The van der Waals surface area contributed by atoms with Crippen LogP contribution in [0.4, 0.5) is 4.39 Å². The van der Waals surface area contributed by atoms with Crippen molar-refractivity contribution < 1.29 is 23.5 Å². The van der Waals surface area contributed by atoms with E-state index in [9.17, 15) is 9.59 Å². The molecule has 0 radical (unpaired) electrons. The summed E-state index contributed by atoms with van der Waals surface area (Å²) in [5, 5.41) is -0.597. The zero-order valence-corrected chi connectivity index (χ0v) is 20.9. The Kier molecular flexibility index (Phi) is 4.96. The smallest absolute Gasteiger partial charge is 0.182 e. The van der Waals surface area contributed by atoms with Gasteiger partial charge in [0.05, 0.1) is 22.2 Å². The van der Waals surface area contributed by atoms with Crippen LogP contribution in [0.15, 0.2) is 23.8 Å². The maximum Gasteiger partial charge on any atom is 0.182 e. The summed E-state index contributed by atoms with van der Waals surface area (Å²) in [5.74, 6) is -2.12. The number of carbonyl (C=O) groups excluding carboxylic acids is 2. The normalized spacial score (nSPS) is 53.2. The Morgan fingerprint density at radius 3 is 2.56 bits per heavy atom. The fraction of sp³-hybridized carbons (Fsp3) is 0.750. The Morgan fingerprint density at radius 1 is 1.22 bits per heavy atom. The first-order valence-electron chi connectivity index (χ1n) is 11.2. The number of ketones is 2. The van der Waals surface area contributed by atoms with Gasteiger partial charge < -0.3 is 9.47 Å². The van der Waals surface area contributed by atoms with Gasteiger partial charge >= 0.3 is 0 Å². The minimum Gasteiger partial charge on any atom is -0.344 e. The predicted molar refractivity (Wildman–Crippen MR) is 121 cm³/mol. The highest BCUT2D eigenvalue weighted by Crippen LogP contribution is 2.73. The lowest BCUT2D eigenvalue weighted by atomic mass is 9.46. The fourth-order valence-electron chi connectivity index (χ4n) is 7.84. The minimum atomic E-state index is -1.32. The summed E-state index contributed by atoms with van der Waals surface area (Å²) < 4.78 is 28.2. The zero-order chi connectivity index (χ0) is 23.5. The molecule has 4 fully saturated rings. The van der Waals surface area contributed by atoms with Gasteiger partial charge in [0.2, 0.25) is 0 Å². The lowest BCUT2D eigenvalue weighted by Gasteiger charge is -2.64. The van der Waals surface area contributed by atoms with Crippen LogP contribution in [0.25, 0.3) is 0 Å². The number of rotatable bonds is 2. The van der Waals surface area contributed by atoms with Gasteiger partial charge in [-0.1, -0.05) is 19.9 Å². The van der Waals surface area contributed by atoms with Crippen molar-refractivity contribution in [2.24, 2.45) is 22.7 Å². The standard InChI is InChI=1S/C24H28Cl3FO4/c1-20(2)31-19-9-13-14-8-16(28)15-7-12(29)5-6-21(15,3)23(14,27)17(26)10-22(13,4)24(19,32-20)18(30)11-25/h5-7,13-14,16-17,19H,8-11H2,1-4H3/t13-,14?,16+,17-,19+,21?,22?,23-,24-/m1/s1. The summed E-state index contributed by atoms with van der Waals surface area (Å²) in [6.07, 6.45) is 3.75. The number of ether oxygens (including phenoxy) is 2. The molecule has 9 atom stereocenters. The molecule has 0 amide bonds. The summed E-state index contributed by atoms with van der Waals surface area (Å²) >= 11 is 20.7. The van der Waals surface area contributed by atoms with E-state index in [-0.39, 0.29) is 35.7 Å². The van der Waals surface area contributed by atoms with Crippen molar-refractivity contribution in [3.63, 3.8) is 0 Å². The molecule has 0 N–H and O–H groups in total. The van der Waals surface area contributed by atoms with Gasteiger partial charge in [0.1, 0.15) is 6.17 Å². The van der Waals surface area contributed by atoms with Crippen LogP contribution in [-0.4, -0.2) is 51.4 Å². The maximum absolute atomic E-state index is 15.6. The Labute approximate surface area is 202 Å². The number of alkyl halides is 4. The topological polar surface area (TPSA) is 52.6 Å². The van der Waals surface area contributed by atoms with Crippen molar-refractivity contribution in [3.05, 3.63) is 23.8 Å². The molecule has 5 aliphatic rings. The molecule has 0 spiro atoms. The molecule has 0 aromatic heterocycles. The Balaban J connectivity index is 1.66. The van der Waals surface area contributed by atoms with Gasteiger partial charge in [-0.05, 0) is 62.7 Å². The van der Waals surface area contributed by atoms with Crippen LogP contribution in [0, 0.1) is 22.7 Å². The highest BCUT2D eigenvalue weighted by Gasteiger charge is 2.79. The van der Waals surface area contributed by atoms with Gasteiger partial charge in [0.15, 0.2) is 23.0 Å². The Morgan fingerprint density at radius 2 is 1.91 bits per heavy atom. The van der Waals surface area contributed by atoms with Crippen molar-refractivity contribution >= 4 is 46.4 Å². The van der Waals surface area contributed by atoms with Crippen molar-refractivity contribution in [2.75, 3.05) is 5.88 Å². The minimum absolute atomic E-state index is 0.136. The largest absolute Gasteiger partial charge is 0.344 e. The first kappa shape index (κ1) is 23.3. The molecule has 4 aliphatic carbocycles. The molecule has 32 heavy (non-hydrogen) atoms. The highest BCUT2D eigenvalue weighted by molar-refractivity contribution is 6.34. The third-order valence-corrected chi connectivity index (χ3v) is 10.9. The molecule has 1 saturated heterocycles. The van der Waals surface area contributed by atoms with Crippen molar-refractivity contribution in [3.8, 4) is 0 Å². The Hall–Kier alpha value is -0.460. The maximum atomic E-state index is 15.6. The second-order valence-electron chi connectivity index (χ2n) is 10.9. The van der Waals surface area contributed by atoms with Crippen molar-refractivity contribution in [1.29, 1.82) is 0 Å². The average molecular weight is 506 g/mol. The molecule has 176 valence electrons. The molecular formula is C24H28Cl3FO4. The zero-order valence-electron chi connectivity index (χ0n) is 18.6. The summed E-state index contributed by atoms with van der Waals surface area (Å²) in [5.41, 5.74) is -2.50. The molecule has 3 saturated carbocycles. The van der Waals surface area contributed by atoms with Crippen LogP contribution in [0.3, 0.4) is 0 Å². The number of halogens is 4. The first-order valence-corrected chi connectivity index (χ1v) is 12.5. The molecule has 0 aromatic rings. The Bertz CT molecular complexity index is 965. The van der Waals surface area contributed by atoms with E-state index in [4.69, 9.17) is 44.3 Å². The van der Waals surface area contributed by atoms with E-state index in [2.05, 4.69) is 0 Å². The van der Waals surface area contributed by atoms with Gasteiger partial charge in [-0.15, -0.1) is 34.8 Å². The van der Waals surface area contributed by atoms with Crippen LogP contribution in [0.2, 0.25) is 0 Å². The van der Waals surface area contributed by atoms with Crippen LogP contribution in [0.1, 0.15) is 47.0 Å². The van der Waals surface area contributed by atoms with Gasteiger partial charge in [-0.25, -0.2) is 4.39 Å². The van der Waals surface area contributed by atoms with Crippen LogP contribution in [-0.2, 0) is 19.1 Å². The second kappa shape index (κ2) is 6.81. The average Bonchev–Trinajstić information content (AvgIpc) is 3.11. The number of hydrogen-bond donors (Lipinski definition) is 0. The fourth-order valence-corrected chi connectivity index (χ4v) is 9.23. The van der Waals surface area contributed by atoms with Crippen molar-refractivity contribution in [1.82, 2.24) is 0 Å². The molecule has 4 nitrogen and oxygen atoms in total. The molecule has 3 unspecified atom stereocenters. The van der Waals surface area contributed by atoms with Crippen LogP contribution < -0.4 is 0 Å². The van der Waals surface area contributed by atoms with Gasteiger partial charge in [-0.2, -0.15) is 0 Å². The highest BCUT2D eigenvalue weighted by atomic mass is 35.5. The summed E-state index contributed by atoms with van der Waals surface area (Å²) in [4.78, 5) is 24.4. The van der Waals surface area contributed by atoms with Crippen LogP contribution >= 0.6 is 34.8 Å².